The molecule has 0 fully saturated rings. The average Bonchev–Trinajstić information content (AvgIpc) is 2.93. The van der Waals surface area contributed by atoms with Crippen LogP contribution in [-0.2, 0) is 6.54 Å². The monoisotopic (exact) mass is 267 g/mol. The Morgan fingerprint density at radius 2 is 2.15 bits per heavy atom. The lowest BCUT2D eigenvalue weighted by molar-refractivity contribution is 0.532. The van der Waals surface area contributed by atoms with E-state index in [0.717, 1.165) is 16.9 Å². The molecule has 3 heterocycles. The van der Waals surface area contributed by atoms with Gasteiger partial charge in [0.05, 0.1) is 0 Å². The molecular formula is C14H13N5O. The molecule has 1 N–H and O–H groups in total. The summed E-state index contributed by atoms with van der Waals surface area (Å²) in [5.74, 6) is 1.79. The van der Waals surface area contributed by atoms with Gasteiger partial charge in [-0.15, -0.1) is 10.2 Å². The SMILES string of the molecule is Cc1nnc(-c2ccnc(NCc3cccnc3)c2)o1. The Balaban J connectivity index is 1.75. The molecule has 0 bridgehead atoms. The van der Waals surface area contributed by atoms with Crippen LogP contribution in [0.1, 0.15) is 11.5 Å². The van der Waals surface area contributed by atoms with Gasteiger partial charge in [0, 0.05) is 37.6 Å². The lowest BCUT2D eigenvalue weighted by atomic mass is 10.2. The highest BCUT2D eigenvalue weighted by Gasteiger charge is 2.06. The van der Waals surface area contributed by atoms with E-state index in [1.807, 2.05) is 30.5 Å². The van der Waals surface area contributed by atoms with Crippen molar-refractivity contribution in [1.82, 2.24) is 20.2 Å². The summed E-state index contributed by atoms with van der Waals surface area (Å²) in [7, 11) is 0. The fourth-order valence-electron chi connectivity index (χ4n) is 1.77. The second kappa shape index (κ2) is 5.48. The number of pyridine rings is 2. The van der Waals surface area contributed by atoms with Gasteiger partial charge in [0.15, 0.2) is 0 Å². The second-order valence-corrected chi connectivity index (χ2v) is 4.27. The van der Waals surface area contributed by atoms with Crippen LogP contribution >= 0.6 is 0 Å². The van der Waals surface area contributed by atoms with Crippen molar-refractivity contribution in [2.75, 3.05) is 5.32 Å². The van der Waals surface area contributed by atoms with Gasteiger partial charge in [-0.1, -0.05) is 6.07 Å². The number of hydrogen-bond acceptors (Lipinski definition) is 6. The minimum absolute atomic E-state index is 0.495. The number of aryl methyl sites for hydroxylation is 1. The molecule has 0 aliphatic rings. The maximum Gasteiger partial charge on any atom is 0.247 e. The molecule has 0 saturated heterocycles. The zero-order valence-corrected chi connectivity index (χ0v) is 10.9. The Morgan fingerprint density at radius 3 is 2.90 bits per heavy atom. The van der Waals surface area contributed by atoms with E-state index in [1.54, 1.807) is 19.3 Å². The van der Waals surface area contributed by atoms with E-state index in [4.69, 9.17) is 4.42 Å². The lowest BCUT2D eigenvalue weighted by Crippen LogP contribution is -2.01. The number of aromatic nitrogens is 4. The predicted molar refractivity (Wildman–Crippen MR) is 73.8 cm³/mol. The molecule has 3 rings (SSSR count). The summed E-state index contributed by atoms with van der Waals surface area (Å²) >= 11 is 0. The molecule has 3 aromatic rings. The molecule has 6 heteroatoms. The molecule has 6 nitrogen and oxygen atoms in total. The van der Waals surface area contributed by atoms with Crippen molar-refractivity contribution in [3.05, 3.63) is 54.3 Å². The predicted octanol–water partition coefficient (Wildman–Crippen LogP) is 2.45. The molecular weight excluding hydrogens is 254 g/mol. The van der Waals surface area contributed by atoms with Crippen molar-refractivity contribution in [2.24, 2.45) is 0 Å². The summed E-state index contributed by atoms with van der Waals surface area (Å²) in [6.07, 6.45) is 5.28. The molecule has 3 aromatic heterocycles. The van der Waals surface area contributed by atoms with Gasteiger partial charge in [0.1, 0.15) is 5.82 Å². The molecule has 0 unspecified atom stereocenters. The lowest BCUT2D eigenvalue weighted by Gasteiger charge is -2.05. The second-order valence-electron chi connectivity index (χ2n) is 4.27. The summed E-state index contributed by atoms with van der Waals surface area (Å²) < 4.78 is 5.40. The van der Waals surface area contributed by atoms with Crippen molar-refractivity contribution >= 4 is 5.82 Å². The van der Waals surface area contributed by atoms with Crippen molar-refractivity contribution in [3.63, 3.8) is 0 Å². The van der Waals surface area contributed by atoms with Gasteiger partial charge >= 0.3 is 0 Å². The van der Waals surface area contributed by atoms with Crippen molar-refractivity contribution < 1.29 is 4.42 Å². The first kappa shape index (κ1) is 12.3. The van der Waals surface area contributed by atoms with Gasteiger partial charge in [0.2, 0.25) is 11.8 Å². The standard InChI is InChI=1S/C14H13N5O/c1-10-18-19-14(20-10)12-4-6-16-13(7-12)17-9-11-3-2-5-15-8-11/h2-8H,9H2,1H3,(H,16,17). The Bertz CT molecular complexity index is 696. The third-order valence-corrected chi connectivity index (χ3v) is 2.73. The molecule has 20 heavy (non-hydrogen) atoms. The minimum atomic E-state index is 0.495. The molecule has 0 radical (unpaired) electrons. The highest BCUT2D eigenvalue weighted by molar-refractivity contribution is 5.57. The Kier molecular flexibility index (Phi) is 3.36. The van der Waals surface area contributed by atoms with Crippen LogP contribution in [0.3, 0.4) is 0 Å². The first-order chi connectivity index (χ1) is 9.81. The van der Waals surface area contributed by atoms with Gasteiger partial charge in [-0.25, -0.2) is 4.98 Å². The van der Waals surface area contributed by atoms with Gasteiger partial charge in [-0.2, -0.15) is 0 Å². The zero-order valence-electron chi connectivity index (χ0n) is 10.9. The summed E-state index contributed by atoms with van der Waals surface area (Å²) in [5.41, 5.74) is 1.93. The van der Waals surface area contributed by atoms with Crippen molar-refractivity contribution in [1.29, 1.82) is 0 Å². The van der Waals surface area contributed by atoms with Crippen LogP contribution in [0.25, 0.3) is 11.5 Å². The number of hydrogen-bond donors (Lipinski definition) is 1. The van der Waals surface area contributed by atoms with Crippen LogP contribution in [-0.4, -0.2) is 20.2 Å². The van der Waals surface area contributed by atoms with E-state index < -0.39 is 0 Å². The van der Waals surface area contributed by atoms with E-state index in [9.17, 15) is 0 Å². The van der Waals surface area contributed by atoms with Crippen LogP contribution in [0.4, 0.5) is 5.82 Å². The van der Waals surface area contributed by atoms with E-state index in [2.05, 4.69) is 25.5 Å². The molecule has 0 amide bonds. The minimum Gasteiger partial charge on any atom is -0.421 e. The van der Waals surface area contributed by atoms with Crippen molar-refractivity contribution in [2.45, 2.75) is 13.5 Å². The summed E-state index contributed by atoms with van der Waals surface area (Å²) in [6, 6.07) is 7.62. The maximum absolute atomic E-state index is 5.40. The van der Waals surface area contributed by atoms with Crippen LogP contribution in [0.5, 0.6) is 0 Å². The maximum atomic E-state index is 5.40. The molecule has 0 saturated carbocycles. The van der Waals surface area contributed by atoms with Crippen LogP contribution in [0, 0.1) is 6.92 Å². The molecule has 0 atom stereocenters. The number of rotatable bonds is 4. The zero-order chi connectivity index (χ0) is 13.8. The van der Waals surface area contributed by atoms with Crippen molar-refractivity contribution in [3.8, 4) is 11.5 Å². The van der Waals surface area contributed by atoms with Gasteiger partial charge in [-0.3, -0.25) is 4.98 Å². The molecule has 0 spiro atoms. The smallest absolute Gasteiger partial charge is 0.247 e. The molecule has 0 aliphatic carbocycles. The molecule has 0 aliphatic heterocycles. The fourth-order valence-corrected chi connectivity index (χ4v) is 1.77. The summed E-state index contributed by atoms with van der Waals surface area (Å²) in [6.45, 7) is 2.42. The highest BCUT2D eigenvalue weighted by Crippen LogP contribution is 2.19. The topological polar surface area (TPSA) is 76.7 Å². The highest BCUT2D eigenvalue weighted by atomic mass is 16.4. The van der Waals surface area contributed by atoms with Gasteiger partial charge < -0.3 is 9.73 Å². The number of nitrogens with one attached hydrogen (secondary N) is 1. The number of anilines is 1. The Morgan fingerprint density at radius 1 is 1.20 bits per heavy atom. The van der Waals surface area contributed by atoms with Crippen LogP contribution in [0.2, 0.25) is 0 Å². The Hall–Kier alpha value is -2.76. The van der Waals surface area contributed by atoms with E-state index in [1.165, 1.54) is 0 Å². The normalized spacial score (nSPS) is 10.4. The average molecular weight is 267 g/mol. The van der Waals surface area contributed by atoms with E-state index in [0.29, 0.717) is 18.3 Å². The van der Waals surface area contributed by atoms with E-state index >= 15 is 0 Å². The van der Waals surface area contributed by atoms with E-state index in [-0.39, 0.29) is 0 Å². The van der Waals surface area contributed by atoms with Gasteiger partial charge in [-0.05, 0) is 23.8 Å². The molecule has 100 valence electrons. The van der Waals surface area contributed by atoms with Gasteiger partial charge in [0.25, 0.3) is 0 Å². The van der Waals surface area contributed by atoms with Crippen LogP contribution < -0.4 is 5.32 Å². The van der Waals surface area contributed by atoms with Crippen LogP contribution in [0.15, 0.2) is 47.3 Å². The largest absolute Gasteiger partial charge is 0.421 e. The fraction of sp³-hybridized carbons (Fsp3) is 0.143. The summed E-state index contributed by atoms with van der Waals surface area (Å²) in [4.78, 5) is 8.34. The Labute approximate surface area is 115 Å². The third kappa shape index (κ3) is 2.80. The third-order valence-electron chi connectivity index (χ3n) is 2.73. The molecule has 0 aromatic carbocycles. The quantitative estimate of drug-likeness (QED) is 0.782. The first-order valence-electron chi connectivity index (χ1n) is 6.20. The first-order valence-corrected chi connectivity index (χ1v) is 6.20. The number of nitrogens with zero attached hydrogens (tertiary/aromatic N) is 4. The summed E-state index contributed by atoms with van der Waals surface area (Å²) in [5, 5.41) is 11.1.